The summed E-state index contributed by atoms with van der Waals surface area (Å²) in [5.41, 5.74) is 0. The lowest BCUT2D eigenvalue weighted by Crippen LogP contribution is -2.46. The Labute approximate surface area is 72.9 Å². The van der Waals surface area contributed by atoms with Crippen molar-refractivity contribution in [1.82, 2.24) is 4.90 Å². The van der Waals surface area contributed by atoms with Gasteiger partial charge in [0.1, 0.15) is 5.78 Å². The minimum Gasteiger partial charge on any atom is -0.300 e. The third kappa shape index (κ3) is 0.817. The molecular weight excluding hydrogens is 150 g/mol. The number of hydrogen-bond acceptors (Lipinski definition) is 2. The maximum absolute atomic E-state index is 11.3. The van der Waals surface area contributed by atoms with E-state index in [2.05, 4.69) is 4.90 Å². The second-order valence-electron chi connectivity index (χ2n) is 4.54. The number of piperidine rings is 2. The van der Waals surface area contributed by atoms with Crippen LogP contribution in [-0.2, 0) is 4.79 Å². The van der Waals surface area contributed by atoms with Gasteiger partial charge in [-0.05, 0) is 31.7 Å². The van der Waals surface area contributed by atoms with Gasteiger partial charge in [0.05, 0.1) is 0 Å². The molecule has 1 unspecified atom stereocenters. The highest BCUT2D eigenvalue weighted by molar-refractivity contribution is 5.81. The highest BCUT2D eigenvalue weighted by Crippen LogP contribution is 2.43. The highest BCUT2D eigenvalue weighted by Gasteiger charge is 2.47. The molecule has 0 aliphatic carbocycles. The lowest BCUT2D eigenvalue weighted by atomic mass is 9.90. The van der Waals surface area contributed by atoms with Gasteiger partial charge in [-0.25, -0.2) is 0 Å². The van der Waals surface area contributed by atoms with Gasteiger partial charge >= 0.3 is 0 Å². The van der Waals surface area contributed by atoms with Crippen molar-refractivity contribution in [3.63, 3.8) is 0 Å². The minimum absolute atomic E-state index is 0.519. The van der Waals surface area contributed by atoms with Gasteiger partial charge in [0, 0.05) is 24.9 Å². The Kier molecular flexibility index (Phi) is 1.37. The largest absolute Gasteiger partial charge is 0.300 e. The molecule has 0 amide bonds. The van der Waals surface area contributed by atoms with E-state index in [1.54, 1.807) is 0 Å². The monoisotopic (exact) mass is 165 g/mol. The van der Waals surface area contributed by atoms with Crippen LogP contribution in [0.15, 0.2) is 0 Å². The molecule has 66 valence electrons. The Morgan fingerprint density at radius 2 is 2.25 bits per heavy atom. The van der Waals surface area contributed by atoms with Crippen LogP contribution in [0.5, 0.6) is 0 Å². The van der Waals surface area contributed by atoms with Crippen LogP contribution in [0, 0.1) is 5.92 Å². The molecule has 4 atom stereocenters. The summed E-state index contributed by atoms with van der Waals surface area (Å²) in [5.74, 6) is 1.39. The average Bonchev–Trinajstić information content (AvgIpc) is 2.26. The third-order valence-corrected chi connectivity index (χ3v) is 3.91. The number of carbonyl (C=O) groups excluding carboxylic acids is 1. The number of hydrogen-bond donors (Lipinski definition) is 0. The topological polar surface area (TPSA) is 20.3 Å². The lowest BCUT2D eigenvalue weighted by molar-refractivity contribution is -0.124. The summed E-state index contributed by atoms with van der Waals surface area (Å²) in [5, 5.41) is 0. The standard InChI is InChI=1S/C10H15NO/c12-9-5-8-4-7-2-1-3-11(8)10(7)6-9/h7-8,10H,1-6H2/t7-,8+,10-/m1/s1. The molecule has 3 heterocycles. The van der Waals surface area contributed by atoms with Crippen molar-refractivity contribution >= 4 is 5.78 Å². The first-order chi connectivity index (χ1) is 5.84. The van der Waals surface area contributed by atoms with Crippen LogP contribution < -0.4 is 0 Å². The lowest BCUT2D eigenvalue weighted by Gasteiger charge is -2.38. The van der Waals surface area contributed by atoms with E-state index in [0.717, 1.165) is 18.8 Å². The molecule has 0 N–H and O–H groups in total. The second-order valence-corrected chi connectivity index (χ2v) is 4.54. The van der Waals surface area contributed by atoms with E-state index < -0.39 is 0 Å². The van der Waals surface area contributed by atoms with E-state index in [9.17, 15) is 4.79 Å². The summed E-state index contributed by atoms with van der Waals surface area (Å²) < 4.78 is 0. The Morgan fingerprint density at radius 3 is 3.17 bits per heavy atom. The summed E-state index contributed by atoms with van der Waals surface area (Å²) in [6, 6.07) is 1.30. The average molecular weight is 165 g/mol. The Hall–Kier alpha value is -0.370. The fourth-order valence-electron chi connectivity index (χ4n) is 3.44. The molecule has 4 bridgehead atoms. The molecule has 12 heavy (non-hydrogen) atoms. The first kappa shape index (κ1) is 7.07. The normalized spacial score (nSPS) is 51.2. The number of rotatable bonds is 0. The van der Waals surface area contributed by atoms with Crippen LogP contribution in [-0.4, -0.2) is 29.3 Å². The molecule has 0 saturated carbocycles. The zero-order chi connectivity index (χ0) is 8.13. The summed E-state index contributed by atoms with van der Waals surface area (Å²) in [7, 11) is 0. The SMILES string of the molecule is O=C1C[C@@H]2C[C@H]3CCCN2[C@@H]3C1. The van der Waals surface area contributed by atoms with Crippen molar-refractivity contribution in [3.8, 4) is 0 Å². The van der Waals surface area contributed by atoms with E-state index >= 15 is 0 Å². The Balaban J connectivity index is 1.92. The van der Waals surface area contributed by atoms with Crippen molar-refractivity contribution in [3.05, 3.63) is 0 Å². The first-order valence-corrected chi connectivity index (χ1v) is 5.12. The highest BCUT2D eigenvalue weighted by atomic mass is 16.1. The minimum atomic E-state index is 0.519. The maximum atomic E-state index is 11.3. The van der Waals surface area contributed by atoms with Crippen molar-refractivity contribution < 1.29 is 4.79 Å². The molecule has 3 rings (SSSR count). The molecular formula is C10H15NO. The molecule has 3 fully saturated rings. The summed E-state index contributed by atoms with van der Waals surface area (Å²) in [4.78, 5) is 13.9. The van der Waals surface area contributed by atoms with E-state index in [1.807, 2.05) is 0 Å². The molecule has 0 aromatic heterocycles. The van der Waals surface area contributed by atoms with E-state index in [-0.39, 0.29) is 0 Å². The fraction of sp³-hybridized carbons (Fsp3) is 0.900. The van der Waals surface area contributed by atoms with Gasteiger partial charge in [0.25, 0.3) is 0 Å². The second kappa shape index (κ2) is 2.32. The quantitative estimate of drug-likeness (QED) is 0.537. The zero-order valence-corrected chi connectivity index (χ0v) is 7.33. The first-order valence-electron chi connectivity index (χ1n) is 5.12. The zero-order valence-electron chi connectivity index (χ0n) is 7.33. The number of ketones is 1. The van der Waals surface area contributed by atoms with Crippen molar-refractivity contribution in [1.29, 1.82) is 0 Å². The maximum Gasteiger partial charge on any atom is 0.136 e. The molecule has 0 aromatic rings. The molecule has 2 heteroatoms. The van der Waals surface area contributed by atoms with Crippen LogP contribution in [0.25, 0.3) is 0 Å². The summed E-state index contributed by atoms with van der Waals surface area (Å²) >= 11 is 0. The summed E-state index contributed by atoms with van der Waals surface area (Å²) in [6.45, 7) is 1.26. The van der Waals surface area contributed by atoms with Gasteiger partial charge in [-0.2, -0.15) is 0 Å². The van der Waals surface area contributed by atoms with Crippen molar-refractivity contribution in [2.75, 3.05) is 6.54 Å². The molecule has 0 aromatic carbocycles. The number of nitrogens with zero attached hydrogens (tertiary/aromatic N) is 1. The van der Waals surface area contributed by atoms with E-state index in [1.165, 1.54) is 25.8 Å². The molecule has 0 radical (unpaired) electrons. The fourth-order valence-corrected chi connectivity index (χ4v) is 3.44. The number of Topliss-reactive ketones (excluding diaryl/α,β-unsaturated/α-hetero) is 1. The molecule has 3 aliphatic rings. The van der Waals surface area contributed by atoms with Gasteiger partial charge in [-0.15, -0.1) is 0 Å². The van der Waals surface area contributed by atoms with Crippen molar-refractivity contribution in [2.45, 2.75) is 44.2 Å². The molecule has 2 nitrogen and oxygen atoms in total. The van der Waals surface area contributed by atoms with Crippen molar-refractivity contribution in [2.24, 2.45) is 5.92 Å². The predicted octanol–water partition coefficient (Wildman–Crippen LogP) is 1.20. The van der Waals surface area contributed by atoms with Gasteiger partial charge in [0.15, 0.2) is 0 Å². The molecule has 3 aliphatic heterocycles. The van der Waals surface area contributed by atoms with Gasteiger partial charge < -0.3 is 0 Å². The van der Waals surface area contributed by atoms with Gasteiger partial charge in [0.2, 0.25) is 0 Å². The number of carbonyl (C=O) groups is 1. The molecule has 0 spiro atoms. The Bertz CT molecular complexity index is 226. The van der Waals surface area contributed by atoms with Crippen LogP contribution in [0.4, 0.5) is 0 Å². The van der Waals surface area contributed by atoms with Crippen LogP contribution >= 0.6 is 0 Å². The van der Waals surface area contributed by atoms with Crippen LogP contribution in [0.1, 0.15) is 32.1 Å². The van der Waals surface area contributed by atoms with Gasteiger partial charge in [-0.1, -0.05) is 0 Å². The van der Waals surface area contributed by atoms with Crippen LogP contribution in [0.3, 0.4) is 0 Å². The molecule has 3 saturated heterocycles. The van der Waals surface area contributed by atoms with E-state index in [4.69, 9.17) is 0 Å². The third-order valence-electron chi connectivity index (χ3n) is 3.91. The Morgan fingerprint density at radius 1 is 1.33 bits per heavy atom. The summed E-state index contributed by atoms with van der Waals surface area (Å²) in [6.07, 6.45) is 5.78. The van der Waals surface area contributed by atoms with E-state index in [0.29, 0.717) is 17.9 Å². The van der Waals surface area contributed by atoms with Crippen LogP contribution in [0.2, 0.25) is 0 Å². The van der Waals surface area contributed by atoms with Gasteiger partial charge in [-0.3, -0.25) is 9.69 Å². The predicted molar refractivity (Wildman–Crippen MR) is 45.9 cm³/mol. The smallest absolute Gasteiger partial charge is 0.136 e.